The van der Waals surface area contributed by atoms with Gasteiger partial charge in [0, 0.05) is 0 Å². The molecule has 1 rings (SSSR count). The van der Waals surface area contributed by atoms with Crippen LogP contribution < -0.4 is 5.73 Å². The lowest BCUT2D eigenvalue weighted by Gasteiger charge is -2.14. The van der Waals surface area contributed by atoms with Crippen LogP contribution in [0.1, 0.15) is 37.2 Å². The van der Waals surface area contributed by atoms with Gasteiger partial charge in [0.25, 0.3) is 0 Å². The summed E-state index contributed by atoms with van der Waals surface area (Å²) in [5, 5.41) is 8.88. The second-order valence-electron chi connectivity index (χ2n) is 3.99. The Morgan fingerprint density at radius 2 is 1.94 bits per heavy atom. The van der Waals surface area contributed by atoms with Crippen LogP contribution in [0.4, 0.5) is 0 Å². The number of rotatable bonds is 7. The number of carbonyl (C=O) groups is 1. The number of unbranched alkanes of at least 4 members (excludes halogenated alkanes) is 1. The molecule has 88 valence electrons. The number of aliphatic carboxylic acids is 1. The van der Waals surface area contributed by atoms with Gasteiger partial charge in [-0.15, -0.1) is 0 Å². The average molecular weight is 221 g/mol. The highest BCUT2D eigenvalue weighted by Gasteiger charge is 2.14. The minimum absolute atomic E-state index is 0.116. The first-order valence-corrected chi connectivity index (χ1v) is 5.71. The number of carboxylic acid groups (broad SMARTS) is 1. The molecule has 0 aliphatic heterocycles. The van der Waals surface area contributed by atoms with Crippen molar-refractivity contribution in [2.75, 3.05) is 6.54 Å². The molecule has 3 nitrogen and oxygen atoms in total. The molecule has 0 spiro atoms. The van der Waals surface area contributed by atoms with Crippen LogP contribution in [-0.2, 0) is 4.79 Å². The Morgan fingerprint density at radius 3 is 2.50 bits per heavy atom. The standard InChI is InChI=1S/C13H19NO2/c14-9-5-4-8-12(10-13(15)16)11-6-2-1-3-7-11/h1-3,6-7,12H,4-5,8-10,14H2,(H,15,16)/t12-/m0/s1. The molecule has 0 bridgehead atoms. The first kappa shape index (κ1) is 12.7. The fraction of sp³-hybridized carbons (Fsp3) is 0.462. The van der Waals surface area contributed by atoms with E-state index >= 15 is 0 Å². The minimum atomic E-state index is -0.735. The van der Waals surface area contributed by atoms with Crippen LogP contribution in [0.2, 0.25) is 0 Å². The second kappa shape index (κ2) is 7.01. The van der Waals surface area contributed by atoms with Crippen molar-refractivity contribution in [3.8, 4) is 0 Å². The van der Waals surface area contributed by atoms with Crippen LogP contribution in [0.3, 0.4) is 0 Å². The van der Waals surface area contributed by atoms with Gasteiger partial charge < -0.3 is 10.8 Å². The number of carboxylic acids is 1. The summed E-state index contributed by atoms with van der Waals surface area (Å²) in [6, 6.07) is 9.84. The van der Waals surface area contributed by atoms with Crippen LogP contribution in [0.5, 0.6) is 0 Å². The van der Waals surface area contributed by atoms with Crippen LogP contribution in [0.25, 0.3) is 0 Å². The van der Waals surface area contributed by atoms with E-state index in [2.05, 4.69) is 0 Å². The Morgan fingerprint density at radius 1 is 1.25 bits per heavy atom. The van der Waals surface area contributed by atoms with E-state index in [9.17, 15) is 4.79 Å². The normalized spacial score (nSPS) is 12.3. The van der Waals surface area contributed by atoms with Crippen LogP contribution in [0.15, 0.2) is 30.3 Å². The fourth-order valence-electron chi connectivity index (χ4n) is 1.86. The van der Waals surface area contributed by atoms with Crippen molar-refractivity contribution in [1.82, 2.24) is 0 Å². The summed E-state index contributed by atoms with van der Waals surface area (Å²) in [5.74, 6) is -0.619. The lowest BCUT2D eigenvalue weighted by molar-refractivity contribution is -0.137. The minimum Gasteiger partial charge on any atom is -0.481 e. The van der Waals surface area contributed by atoms with Gasteiger partial charge in [-0.2, -0.15) is 0 Å². The predicted molar refractivity (Wildman–Crippen MR) is 64.3 cm³/mol. The molecule has 0 amide bonds. The molecule has 16 heavy (non-hydrogen) atoms. The van der Waals surface area contributed by atoms with Gasteiger partial charge in [-0.25, -0.2) is 0 Å². The lowest BCUT2D eigenvalue weighted by Crippen LogP contribution is -2.07. The zero-order chi connectivity index (χ0) is 11.8. The van der Waals surface area contributed by atoms with Crippen molar-refractivity contribution in [2.24, 2.45) is 5.73 Å². The lowest BCUT2D eigenvalue weighted by atomic mass is 9.91. The van der Waals surface area contributed by atoms with E-state index in [0.717, 1.165) is 24.8 Å². The molecule has 0 unspecified atom stereocenters. The predicted octanol–water partition coefficient (Wildman–Crippen LogP) is 2.37. The van der Waals surface area contributed by atoms with Crippen molar-refractivity contribution in [1.29, 1.82) is 0 Å². The Kier molecular flexibility index (Phi) is 5.57. The molecule has 0 saturated carbocycles. The summed E-state index contributed by atoms with van der Waals surface area (Å²) in [6.45, 7) is 0.675. The third-order valence-corrected chi connectivity index (χ3v) is 2.70. The van der Waals surface area contributed by atoms with Gasteiger partial charge in [-0.1, -0.05) is 36.8 Å². The molecule has 1 atom stereocenters. The Hall–Kier alpha value is -1.35. The molecule has 3 N–H and O–H groups in total. The molecule has 0 fully saturated rings. The average Bonchev–Trinajstić information content (AvgIpc) is 2.29. The summed E-state index contributed by atoms with van der Waals surface area (Å²) in [7, 11) is 0. The first-order chi connectivity index (χ1) is 7.74. The smallest absolute Gasteiger partial charge is 0.303 e. The van der Waals surface area contributed by atoms with Crippen molar-refractivity contribution in [2.45, 2.75) is 31.6 Å². The summed E-state index contributed by atoms with van der Waals surface area (Å²) in [6.07, 6.45) is 3.05. The SMILES string of the molecule is NCCCC[C@@H](CC(=O)O)c1ccccc1. The number of hydrogen-bond donors (Lipinski definition) is 2. The molecule has 0 radical (unpaired) electrons. The summed E-state index contributed by atoms with van der Waals surface area (Å²) >= 11 is 0. The third kappa shape index (κ3) is 4.45. The highest BCUT2D eigenvalue weighted by Crippen LogP contribution is 2.25. The maximum absolute atomic E-state index is 10.8. The maximum Gasteiger partial charge on any atom is 0.303 e. The van der Waals surface area contributed by atoms with Crippen molar-refractivity contribution in [3.63, 3.8) is 0 Å². The molecule has 0 aliphatic carbocycles. The Labute approximate surface area is 96.3 Å². The van der Waals surface area contributed by atoms with E-state index in [-0.39, 0.29) is 12.3 Å². The molecule has 1 aromatic carbocycles. The van der Waals surface area contributed by atoms with Crippen molar-refractivity contribution < 1.29 is 9.90 Å². The molecule has 3 heteroatoms. The monoisotopic (exact) mass is 221 g/mol. The molecule has 0 heterocycles. The molecule has 0 saturated heterocycles. The van der Waals surface area contributed by atoms with Gasteiger partial charge >= 0.3 is 5.97 Å². The third-order valence-electron chi connectivity index (χ3n) is 2.70. The molecular weight excluding hydrogens is 202 g/mol. The second-order valence-corrected chi connectivity index (χ2v) is 3.99. The molecule has 0 aliphatic rings. The van der Waals surface area contributed by atoms with Crippen molar-refractivity contribution in [3.05, 3.63) is 35.9 Å². The zero-order valence-electron chi connectivity index (χ0n) is 9.43. The van der Waals surface area contributed by atoms with E-state index in [1.54, 1.807) is 0 Å². The fourth-order valence-corrected chi connectivity index (χ4v) is 1.86. The first-order valence-electron chi connectivity index (χ1n) is 5.71. The number of benzene rings is 1. The van der Waals surface area contributed by atoms with Gasteiger partial charge in [0.2, 0.25) is 0 Å². The van der Waals surface area contributed by atoms with Gasteiger partial charge in [-0.3, -0.25) is 4.79 Å². The van der Waals surface area contributed by atoms with Gasteiger partial charge in [0.1, 0.15) is 0 Å². The quantitative estimate of drug-likeness (QED) is 0.695. The van der Waals surface area contributed by atoms with E-state index in [1.807, 2.05) is 30.3 Å². The van der Waals surface area contributed by atoms with Gasteiger partial charge in [-0.05, 0) is 30.9 Å². The zero-order valence-corrected chi connectivity index (χ0v) is 9.43. The Balaban J connectivity index is 2.60. The van der Waals surface area contributed by atoms with Crippen LogP contribution in [0, 0.1) is 0 Å². The number of nitrogens with two attached hydrogens (primary N) is 1. The van der Waals surface area contributed by atoms with E-state index in [0.29, 0.717) is 6.54 Å². The van der Waals surface area contributed by atoms with Crippen LogP contribution >= 0.6 is 0 Å². The molecule has 0 aromatic heterocycles. The maximum atomic E-state index is 10.8. The summed E-state index contributed by atoms with van der Waals surface area (Å²) < 4.78 is 0. The molecule has 1 aromatic rings. The Bertz CT molecular complexity index is 311. The summed E-state index contributed by atoms with van der Waals surface area (Å²) in [5.41, 5.74) is 6.55. The van der Waals surface area contributed by atoms with E-state index in [4.69, 9.17) is 10.8 Å². The largest absolute Gasteiger partial charge is 0.481 e. The topological polar surface area (TPSA) is 63.3 Å². The highest BCUT2D eigenvalue weighted by molar-refractivity contribution is 5.68. The van der Waals surface area contributed by atoms with Crippen molar-refractivity contribution >= 4 is 5.97 Å². The molecular formula is C13H19NO2. The summed E-state index contributed by atoms with van der Waals surface area (Å²) in [4.78, 5) is 10.8. The van der Waals surface area contributed by atoms with E-state index in [1.165, 1.54) is 0 Å². The highest BCUT2D eigenvalue weighted by atomic mass is 16.4. The van der Waals surface area contributed by atoms with Crippen LogP contribution in [-0.4, -0.2) is 17.6 Å². The number of hydrogen-bond acceptors (Lipinski definition) is 2. The van der Waals surface area contributed by atoms with E-state index < -0.39 is 5.97 Å². The van der Waals surface area contributed by atoms with Gasteiger partial charge in [0.15, 0.2) is 0 Å². The van der Waals surface area contributed by atoms with Gasteiger partial charge in [0.05, 0.1) is 6.42 Å².